The van der Waals surface area contributed by atoms with Crippen molar-refractivity contribution >= 4 is 60.5 Å². The van der Waals surface area contributed by atoms with E-state index < -0.39 is 66.5 Å². The molecule has 0 fully saturated rings. The van der Waals surface area contributed by atoms with Crippen LogP contribution >= 0.6 is 0 Å². The number of fused-ring (bicyclic) bond motifs is 5. The number of nitrogens with zero attached hydrogens (tertiary/aromatic N) is 1. The highest BCUT2D eigenvalue weighted by Crippen LogP contribution is 2.39. The molecule has 0 aliphatic carbocycles. The molecule has 0 amide bonds. The van der Waals surface area contributed by atoms with E-state index in [2.05, 4.69) is 6.07 Å². The predicted octanol–water partition coefficient (Wildman–Crippen LogP) is 14.4. The second kappa shape index (κ2) is 12.5. The maximum absolute atomic E-state index is 9.08. The first kappa shape index (κ1) is 18.9. The van der Waals surface area contributed by atoms with Gasteiger partial charge in [-0.25, -0.2) is 0 Å². The van der Waals surface area contributed by atoms with Crippen LogP contribution in [0.15, 0.2) is 204 Å². The van der Waals surface area contributed by atoms with Gasteiger partial charge in [-0.1, -0.05) is 139 Å². The average molecular weight is 678 g/mol. The molecule has 0 atom stereocenters. The number of anilines is 3. The Kier molecular flexibility index (Phi) is 4.53. The van der Waals surface area contributed by atoms with E-state index in [1.165, 1.54) is 0 Å². The van der Waals surface area contributed by atoms with Crippen LogP contribution in [-0.4, -0.2) is 0 Å². The molecule has 2 nitrogen and oxygen atoms in total. The Morgan fingerprint density at radius 1 is 0.385 bits per heavy atom. The van der Waals surface area contributed by atoms with Crippen molar-refractivity contribution in [3.8, 4) is 33.4 Å². The molecular weight excluding hydrogens is 631 g/mol. The number of hydrogen-bond acceptors (Lipinski definition) is 2. The molecule has 0 aliphatic heterocycles. The van der Waals surface area contributed by atoms with Crippen molar-refractivity contribution in [1.82, 2.24) is 0 Å². The third-order valence-electron chi connectivity index (χ3n) is 9.23. The lowest BCUT2D eigenvalue weighted by atomic mass is 9.98. The van der Waals surface area contributed by atoms with Crippen LogP contribution in [0.4, 0.5) is 17.1 Å². The summed E-state index contributed by atoms with van der Waals surface area (Å²) in [6, 6.07) is 29.3. The summed E-state index contributed by atoms with van der Waals surface area (Å²) in [6.45, 7) is 0. The van der Waals surface area contributed by atoms with Crippen molar-refractivity contribution in [2.45, 2.75) is 0 Å². The zero-order valence-corrected chi connectivity index (χ0v) is 27.3. The highest BCUT2D eigenvalue weighted by Gasteiger charge is 2.15. The number of hydrogen-bond donors (Lipinski definition) is 0. The molecule has 0 unspecified atom stereocenters. The molecule has 1 aromatic heterocycles. The Bertz CT molecular complexity index is 3670. The summed E-state index contributed by atoms with van der Waals surface area (Å²) in [7, 11) is 0. The molecule has 52 heavy (non-hydrogen) atoms. The minimum atomic E-state index is -0.543. The summed E-state index contributed by atoms with van der Waals surface area (Å²) in [5.74, 6) is 0. The van der Waals surface area contributed by atoms with E-state index in [-0.39, 0.29) is 50.8 Å². The van der Waals surface area contributed by atoms with Crippen LogP contribution in [0.5, 0.6) is 0 Å². The molecule has 0 spiro atoms. The van der Waals surface area contributed by atoms with Crippen LogP contribution < -0.4 is 4.90 Å². The monoisotopic (exact) mass is 677 g/mol. The van der Waals surface area contributed by atoms with Crippen LogP contribution in [0.25, 0.3) is 76.9 Å². The predicted molar refractivity (Wildman–Crippen MR) is 220 cm³/mol. The normalized spacial score (nSPS) is 15.2. The van der Waals surface area contributed by atoms with E-state index in [0.29, 0.717) is 22.5 Å². The van der Waals surface area contributed by atoms with E-state index in [4.69, 9.17) is 23.6 Å². The van der Waals surface area contributed by atoms with E-state index >= 15 is 0 Å². The highest BCUT2D eigenvalue weighted by atomic mass is 16.3. The van der Waals surface area contributed by atoms with Gasteiger partial charge in [0.1, 0.15) is 11.2 Å². The van der Waals surface area contributed by atoms with Crippen LogP contribution in [0.2, 0.25) is 0 Å². The Morgan fingerprint density at radius 2 is 0.962 bits per heavy atom. The van der Waals surface area contributed by atoms with Gasteiger partial charge in [-0.2, -0.15) is 0 Å². The van der Waals surface area contributed by atoms with E-state index in [0.717, 1.165) is 38.8 Å². The first-order chi connectivity index (χ1) is 31.6. The first-order valence-corrected chi connectivity index (χ1v) is 16.6. The summed E-state index contributed by atoms with van der Waals surface area (Å²) in [5.41, 5.74) is 6.37. The molecule has 0 saturated heterocycles. The van der Waals surface area contributed by atoms with Crippen LogP contribution in [0.3, 0.4) is 0 Å². The maximum Gasteiger partial charge on any atom is 0.135 e. The molecule has 0 aliphatic rings. The SMILES string of the molecule is [2H]c1c([2H])c([2H])c2c([2H])c(-c3ccc(N(c4ccc(-c5ccc6oc7ccccc7c6c5)cc4)c4ccc(-c5c([2H])c([2H])c([2H])c6c([2H])c([2H])c([2H])c([2H])c56)cc4)cc3)c([2H])c([2H])c2c1[2H]. The van der Waals surface area contributed by atoms with Gasteiger partial charge in [0.15, 0.2) is 0 Å². The fourth-order valence-corrected chi connectivity index (χ4v) is 6.66. The van der Waals surface area contributed by atoms with Crippen molar-refractivity contribution in [3.63, 3.8) is 0 Å². The molecule has 0 bridgehead atoms. The van der Waals surface area contributed by atoms with E-state index in [1.54, 1.807) is 48.5 Å². The second-order valence-corrected chi connectivity index (χ2v) is 12.3. The highest BCUT2D eigenvalue weighted by molar-refractivity contribution is 6.06. The first-order valence-electron chi connectivity index (χ1n) is 23.6. The molecule has 0 saturated carbocycles. The summed E-state index contributed by atoms with van der Waals surface area (Å²) >= 11 is 0. The number of benzene rings is 9. The van der Waals surface area contributed by atoms with E-state index in [9.17, 15) is 0 Å². The number of rotatable bonds is 6. The lowest BCUT2D eigenvalue weighted by Crippen LogP contribution is -2.09. The second-order valence-electron chi connectivity index (χ2n) is 12.3. The zero-order valence-electron chi connectivity index (χ0n) is 41.3. The number of para-hydroxylation sites is 1. The largest absolute Gasteiger partial charge is 0.456 e. The molecule has 10 rings (SSSR count). The van der Waals surface area contributed by atoms with Gasteiger partial charge in [-0.05, 0) is 116 Å². The van der Waals surface area contributed by atoms with Crippen LogP contribution in [-0.2, 0) is 0 Å². The minimum Gasteiger partial charge on any atom is -0.456 e. The van der Waals surface area contributed by atoms with Gasteiger partial charge in [0, 0.05) is 27.8 Å². The Labute approximate surface area is 322 Å². The molecule has 2 heteroatoms. The molecule has 0 radical (unpaired) electrons. The summed E-state index contributed by atoms with van der Waals surface area (Å²) in [5, 5.41) is 1.50. The topological polar surface area (TPSA) is 16.4 Å². The van der Waals surface area contributed by atoms with Crippen LogP contribution in [0.1, 0.15) is 19.2 Å². The van der Waals surface area contributed by atoms with Crippen molar-refractivity contribution < 1.29 is 23.6 Å². The Morgan fingerprint density at radius 3 is 1.71 bits per heavy atom. The van der Waals surface area contributed by atoms with Gasteiger partial charge in [0.05, 0.1) is 19.2 Å². The molecule has 1 heterocycles. The Balaban J connectivity index is 1.11. The fraction of sp³-hybridized carbons (Fsp3) is 0. The van der Waals surface area contributed by atoms with Crippen molar-refractivity contribution in [1.29, 1.82) is 0 Å². The third-order valence-corrected chi connectivity index (χ3v) is 9.23. The van der Waals surface area contributed by atoms with Gasteiger partial charge < -0.3 is 9.32 Å². The van der Waals surface area contributed by atoms with Gasteiger partial charge in [-0.15, -0.1) is 0 Å². The lowest BCUT2D eigenvalue weighted by molar-refractivity contribution is 0.669. The quantitative estimate of drug-likeness (QED) is 0.174. The lowest BCUT2D eigenvalue weighted by Gasteiger charge is -2.26. The summed E-state index contributed by atoms with van der Waals surface area (Å²) in [4.78, 5) is 1.94. The van der Waals surface area contributed by atoms with Gasteiger partial charge in [0.2, 0.25) is 0 Å². The molecule has 10 aromatic rings. The van der Waals surface area contributed by atoms with Gasteiger partial charge in [-0.3, -0.25) is 0 Å². The van der Waals surface area contributed by atoms with Crippen molar-refractivity contribution in [3.05, 3.63) is 200 Å². The number of furan rings is 1. The zero-order chi connectivity index (χ0) is 46.6. The molecular formula is C50H33NO. The third kappa shape index (κ3) is 5.30. The fourth-order valence-electron chi connectivity index (χ4n) is 6.66. The smallest absolute Gasteiger partial charge is 0.135 e. The summed E-state index contributed by atoms with van der Waals surface area (Å²) < 4.78 is 126. The molecule has 0 N–H and O–H groups in total. The van der Waals surface area contributed by atoms with Gasteiger partial charge in [0.25, 0.3) is 0 Å². The summed E-state index contributed by atoms with van der Waals surface area (Å²) in [6.07, 6.45) is 0. The van der Waals surface area contributed by atoms with Gasteiger partial charge >= 0.3 is 0 Å². The standard InChI is InChI=1S/C50H33NO/c1-2-10-39-32-40(17-16-34(39)8-1)35-18-25-42(26-19-35)51(44-29-22-38(23-30-44)46-14-7-11-37-9-3-4-12-45(37)46)43-27-20-36(21-28-43)41-24-31-50-48(33-41)47-13-5-6-15-49(47)52-50/h1-33H/i1D,2D,3D,4D,7D,8D,9D,10D,11D,12D,14D,16D,17D,32D. The average Bonchev–Trinajstić information content (AvgIpc) is 3.71. The minimum absolute atomic E-state index is 0.0213. The molecule has 244 valence electrons. The maximum atomic E-state index is 9.08. The molecule has 9 aromatic carbocycles. The van der Waals surface area contributed by atoms with E-state index in [1.807, 2.05) is 65.6 Å². The Hall–Kier alpha value is -6.90. The van der Waals surface area contributed by atoms with Crippen molar-refractivity contribution in [2.24, 2.45) is 0 Å². The van der Waals surface area contributed by atoms with Crippen molar-refractivity contribution in [2.75, 3.05) is 4.90 Å². The van der Waals surface area contributed by atoms with Crippen LogP contribution in [0, 0.1) is 0 Å².